The Kier molecular flexibility index (Phi) is 2.16. The lowest BCUT2D eigenvalue weighted by Gasteiger charge is -2.10. The summed E-state index contributed by atoms with van der Waals surface area (Å²) in [4.78, 5) is 0. The molecule has 13 heavy (non-hydrogen) atoms. The fraction of sp³-hybridized carbons (Fsp3) is 0.400. The SMILES string of the molecule is CC(F)C1CNc2cc(Cl)ccc21. The van der Waals surface area contributed by atoms with Crippen molar-refractivity contribution in [2.75, 3.05) is 11.9 Å². The summed E-state index contributed by atoms with van der Waals surface area (Å²) < 4.78 is 13.1. The van der Waals surface area contributed by atoms with Gasteiger partial charge in [0.25, 0.3) is 0 Å². The summed E-state index contributed by atoms with van der Waals surface area (Å²) in [5.74, 6) is -0.0210. The second-order valence-corrected chi connectivity index (χ2v) is 3.83. The standard InChI is InChI=1S/C10H11ClFN/c1-6(12)9-5-13-10-4-7(11)2-3-8(9)10/h2-4,6,9,13H,5H2,1H3. The molecule has 1 aromatic rings. The number of rotatable bonds is 1. The van der Waals surface area contributed by atoms with Crippen molar-refractivity contribution in [1.29, 1.82) is 0 Å². The Morgan fingerprint density at radius 3 is 3.08 bits per heavy atom. The number of benzene rings is 1. The third-order valence-corrected chi connectivity index (χ3v) is 2.72. The fourth-order valence-corrected chi connectivity index (χ4v) is 1.92. The lowest BCUT2D eigenvalue weighted by molar-refractivity contribution is 0.317. The van der Waals surface area contributed by atoms with Crippen LogP contribution in [0, 0.1) is 0 Å². The predicted molar refractivity (Wildman–Crippen MR) is 53.3 cm³/mol. The van der Waals surface area contributed by atoms with Crippen molar-refractivity contribution >= 4 is 17.3 Å². The van der Waals surface area contributed by atoms with E-state index in [9.17, 15) is 4.39 Å². The molecule has 1 aromatic carbocycles. The monoisotopic (exact) mass is 199 g/mol. The van der Waals surface area contributed by atoms with E-state index >= 15 is 0 Å². The van der Waals surface area contributed by atoms with Crippen molar-refractivity contribution in [1.82, 2.24) is 0 Å². The molecule has 2 unspecified atom stereocenters. The Labute approximate surface area is 81.9 Å². The molecule has 1 nitrogen and oxygen atoms in total. The Bertz CT molecular complexity index is 325. The number of halogens is 2. The zero-order valence-electron chi connectivity index (χ0n) is 7.35. The minimum Gasteiger partial charge on any atom is -0.384 e. The van der Waals surface area contributed by atoms with Gasteiger partial charge in [-0.25, -0.2) is 4.39 Å². The molecule has 70 valence electrons. The molecule has 1 aliphatic rings. The number of alkyl halides is 1. The molecule has 2 atom stereocenters. The first-order valence-corrected chi connectivity index (χ1v) is 4.73. The Balaban J connectivity index is 2.38. The first kappa shape index (κ1) is 8.82. The van der Waals surface area contributed by atoms with E-state index in [0.717, 1.165) is 11.3 Å². The van der Waals surface area contributed by atoms with E-state index in [0.29, 0.717) is 11.6 Å². The topological polar surface area (TPSA) is 12.0 Å². The number of nitrogens with one attached hydrogen (secondary N) is 1. The van der Waals surface area contributed by atoms with Crippen LogP contribution < -0.4 is 5.32 Å². The van der Waals surface area contributed by atoms with Crippen molar-refractivity contribution < 1.29 is 4.39 Å². The van der Waals surface area contributed by atoms with Gasteiger partial charge in [-0.1, -0.05) is 17.7 Å². The maximum atomic E-state index is 13.1. The van der Waals surface area contributed by atoms with Gasteiger partial charge in [-0.05, 0) is 24.6 Å². The molecule has 0 spiro atoms. The van der Waals surface area contributed by atoms with Crippen LogP contribution in [0.5, 0.6) is 0 Å². The van der Waals surface area contributed by atoms with Gasteiger partial charge in [-0.15, -0.1) is 0 Å². The van der Waals surface area contributed by atoms with E-state index < -0.39 is 6.17 Å². The van der Waals surface area contributed by atoms with Crippen LogP contribution in [0.3, 0.4) is 0 Å². The van der Waals surface area contributed by atoms with Gasteiger partial charge in [0.05, 0.1) is 0 Å². The van der Waals surface area contributed by atoms with E-state index in [1.165, 1.54) is 0 Å². The summed E-state index contributed by atoms with van der Waals surface area (Å²) in [5, 5.41) is 3.84. The summed E-state index contributed by atoms with van der Waals surface area (Å²) in [6.07, 6.45) is -0.810. The lowest BCUT2D eigenvalue weighted by atomic mass is 9.97. The number of hydrogen-bond acceptors (Lipinski definition) is 1. The first-order valence-electron chi connectivity index (χ1n) is 4.36. The van der Waals surface area contributed by atoms with Crippen molar-refractivity contribution in [2.24, 2.45) is 0 Å². The summed E-state index contributed by atoms with van der Waals surface area (Å²) >= 11 is 5.82. The van der Waals surface area contributed by atoms with Gasteiger partial charge in [0.2, 0.25) is 0 Å². The molecule has 0 aromatic heterocycles. The Morgan fingerprint density at radius 1 is 1.62 bits per heavy atom. The first-order chi connectivity index (χ1) is 6.18. The van der Waals surface area contributed by atoms with Crippen LogP contribution in [0.15, 0.2) is 18.2 Å². The van der Waals surface area contributed by atoms with Crippen LogP contribution in [0.2, 0.25) is 5.02 Å². The zero-order valence-corrected chi connectivity index (χ0v) is 8.11. The van der Waals surface area contributed by atoms with E-state index in [1.54, 1.807) is 6.92 Å². The molecule has 3 heteroatoms. The second-order valence-electron chi connectivity index (χ2n) is 3.40. The highest BCUT2D eigenvalue weighted by molar-refractivity contribution is 6.30. The number of fused-ring (bicyclic) bond motifs is 1. The van der Waals surface area contributed by atoms with Gasteiger partial charge < -0.3 is 5.32 Å². The van der Waals surface area contributed by atoms with Gasteiger partial charge in [0.15, 0.2) is 0 Å². The minimum absolute atomic E-state index is 0.0210. The highest BCUT2D eigenvalue weighted by Crippen LogP contribution is 2.36. The average Bonchev–Trinajstić information content (AvgIpc) is 2.46. The fourth-order valence-electron chi connectivity index (χ4n) is 1.74. The predicted octanol–water partition coefficient (Wildman–Crippen LogP) is 3.21. The molecule has 0 bridgehead atoms. The van der Waals surface area contributed by atoms with Crippen molar-refractivity contribution in [2.45, 2.75) is 19.0 Å². The molecule has 1 heterocycles. The van der Waals surface area contributed by atoms with Crippen molar-refractivity contribution in [3.8, 4) is 0 Å². The molecule has 0 aliphatic carbocycles. The molecule has 1 N–H and O–H groups in total. The maximum Gasteiger partial charge on any atom is 0.106 e. The molecule has 0 amide bonds. The van der Waals surface area contributed by atoms with Gasteiger partial charge in [0.1, 0.15) is 6.17 Å². The highest BCUT2D eigenvalue weighted by atomic mass is 35.5. The van der Waals surface area contributed by atoms with Crippen LogP contribution in [-0.2, 0) is 0 Å². The molecule has 0 saturated heterocycles. The Morgan fingerprint density at radius 2 is 2.38 bits per heavy atom. The molecule has 0 fully saturated rings. The summed E-state index contributed by atoms with van der Waals surface area (Å²) in [6, 6.07) is 5.56. The van der Waals surface area contributed by atoms with Gasteiger partial charge in [0, 0.05) is 23.2 Å². The maximum absolute atomic E-state index is 13.1. The lowest BCUT2D eigenvalue weighted by Crippen LogP contribution is -2.11. The van der Waals surface area contributed by atoms with Crippen molar-refractivity contribution in [3.05, 3.63) is 28.8 Å². The number of anilines is 1. The van der Waals surface area contributed by atoms with Crippen LogP contribution in [0.1, 0.15) is 18.4 Å². The van der Waals surface area contributed by atoms with E-state index in [4.69, 9.17) is 11.6 Å². The third kappa shape index (κ3) is 1.51. The second kappa shape index (κ2) is 3.18. The summed E-state index contributed by atoms with van der Waals surface area (Å²) in [6.45, 7) is 2.27. The quantitative estimate of drug-likeness (QED) is 0.733. The third-order valence-electron chi connectivity index (χ3n) is 2.48. The van der Waals surface area contributed by atoms with Crippen LogP contribution in [0.4, 0.5) is 10.1 Å². The van der Waals surface area contributed by atoms with Gasteiger partial charge in [-0.2, -0.15) is 0 Å². The molecule has 1 aliphatic heterocycles. The molecular weight excluding hydrogens is 189 g/mol. The normalized spacial score (nSPS) is 22.2. The van der Waals surface area contributed by atoms with Crippen LogP contribution >= 0.6 is 11.6 Å². The molecular formula is C10H11ClFN. The Hall–Kier alpha value is -0.760. The highest BCUT2D eigenvalue weighted by Gasteiger charge is 2.26. The smallest absolute Gasteiger partial charge is 0.106 e. The average molecular weight is 200 g/mol. The molecule has 0 saturated carbocycles. The van der Waals surface area contributed by atoms with E-state index in [1.807, 2.05) is 18.2 Å². The number of hydrogen-bond donors (Lipinski definition) is 1. The van der Waals surface area contributed by atoms with Gasteiger partial charge >= 0.3 is 0 Å². The van der Waals surface area contributed by atoms with Crippen LogP contribution in [-0.4, -0.2) is 12.7 Å². The largest absolute Gasteiger partial charge is 0.384 e. The van der Waals surface area contributed by atoms with E-state index in [-0.39, 0.29) is 5.92 Å². The molecule has 2 rings (SSSR count). The summed E-state index contributed by atoms with van der Waals surface area (Å²) in [7, 11) is 0. The summed E-state index contributed by atoms with van der Waals surface area (Å²) in [5.41, 5.74) is 2.02. The minimum atomic E-state index is -0.810. The zero-order chi connectivity index (χ0) is 9.42. The van der Waals surface area contributed by atoms with Gasteiger partial charge in [-0.3, -0.25) is 0 Å². The van der Waals surface area contributed by atoms with E-state index in [2.05, 4.69) is 5.32 Å². The van der Waals surface area contributed by atoms with Crippen molar-refractivity contribution in [3.63, 3.8) is 0 Å². The molecule has 0 radical (unpaired) electrons. The van der Waals surface area contributed by atoms with Crippen LogP contribution in [0.25, 0.3) is 0 Å².